The highest BCUT2D eigenvalue weighted by Crippen LogP contribution is 2.19. The number of nitrogens with one attached hydrogen (secondary N) is 1. The Morgan fingerprint density at radius 3 is 2.80 bits per heavy atom. The van der Waals surface area contributed by atoms with Gasteiger partial charge in [-0.3, -0.25) is 0 Å². The molecule has 0 aliphatic rings. The van der Waals surface area contributed by atoms with Crippen LogP contribution in [0.15, 0.2) is 29.4 Å². The molecule has 4 nitrogen and oxygen atoms in total. The lowest BCUT2D eigenvalue weighted by molar-refractivity contribution is 1.27. The summed E-state index contributed by atoms with van der Waals surface area (Å²) in [5.41, 5.74) is 7.32. The van der Waals surface area contributed by atoms with E-state index in [1.165, 1.54) is 0 Å². The van der Waals surface area contributed by atoms with Crippen LogP contribution in [0.2, 0.25) is 0 Å². The van der Waals surface area contributed by atoms with Crippen LogP contribution in [0.25, 0.3) is 0 Å². The molecule has 3 N–H and O–H groups in total. The van der Waals surface area contributed by atoms with Crippen molar-refractivity contribution in [3.63, 3.8) is 0 Å². The van der Waals surface area contributed by atoms with Gasteiger partial charge in [-0.2, -0.15) is 0 Å². The van der Waals surface area contributed by atoms with Gasteiger partial charge in [-0.05, 0) is 26.0 Å². The summed E-state index contributed by atoms with van der Waals surface area (Å²) in [6, 6.07) is 1.71. The SMILES string of the molecule is CC=Nc1ncc(C(=N)/C=C\C)cc1N. The zero-order valence-corrected chi connectivity index (χ0v) is 8.86. The normalized spacial score (nSPS) is 11.3. The van der Waals surface area contributed by atoms with Crippen molar-refractivity contribution in [1.82, 2.24) is 4.98 Å². The molecule has 0 amide bonds. The van der Waals surface area contributed by atoms with Gasteiger partial charge in [-0.1, -0.05) is 6.08 Å². The molecule has 1 rings (SSSR count). The first-order valence-electron chi connectivity index (χ1n) is 4.65. The Hall–Kier alpha value is -1.97. The summed E-state index contributed by atoms with van der Waals surface area (Å²) in [6.07, 6.45) is 6.73. The van der Waals surface area contributed by atoms with Crippen molar-refractivity contribution in [3.05, 3.63) is 30.0 Å². The van der Waals surface area contributed by atoms with Crippen molar-refractivity contribution >= 4 is 23.4 Å². The number of hydrogen-bond acceptors (Lipinski definition) is 4. The largest absolute Gasteiger partial charge is 0.396 e. The molecule has 0 aliphatic carbocycles. The molecule has 0 spiro atoms. The Morgan fingerprint density at radius 2 is 2.27 bits per heavy atom. The van der Waals surface area contributed by atoms with E-state index in [1.54, 1.807) is 37.6 Å². The first-order chi connectivity index (χ1) is 7.19. The number of nitrogens with two attached hydrogens (primary N) is 1. The maximum atomic E-state index is 7.68. The standard InChI is InChI=1S/C11H14N4/c1-3-5-9(12)8-6-10(13)11(14-4-2)15-7-8/h3-7,12H,13H2,1-2H3/b5-3-,12-9?,14-4?. The van der Waals surface area contributed by atoms with E-state index < -0.39 is 0 Å². The van der Waals surface area contributed by atoms with E-state index in [2.05, 4.69) is 9.98 Å². The van der Waals surface area contributed by atoms with Crippen LogP contribution in [-0.4, -0.2) is 16.9 Å². The van der Waals surface area contributed by atoms with Crippen molar-refractivity contribution in [2.75, 3.05) is 5.73 Å². The molecule has 0 saturated heterocycles. The minimum atomic E-state index is 0.392. The summed E-state index contributed by atoms with van der Waals surface area (Å²) in [7, 11) is 0. The van der Waals surface area contributed by atoms with E-state index in [-0.39, 0.29) is 0 Å². The second-order valence-corrected chi connectivity index (χ2v) is 2.94. The topological polar surface area (TPSA) is 75.1 Å². The Morgan fingerprint density at radius 1 is 1.53 bits per heavy atom. The monoisotopic (exact) mass is 202 g/mol. The zero-order chi connectivity index (χ0) is 11.3. The molecule has 4 heteroatoms. The third-order valence-electron chi connectivity index (χ3n) is 1.79. The number of nitrogens with zero attached hydrogens (tertiary/aromatic N) is 2. The minimum absolute atomic E-state index is 0.392. The van der Waals surface area contributed by atoms with Gasteiger partial charge in [-0.25, -0.2) is 9.98 Å². The zero-order valence-electron chi connectivity index (χ0n) is 8.86. The average molecular weight is 202 g/mol. The fourth-order valence-corrected chi connectivity index (χ4v) is 1.11. The summed E-state index contributed by atoms with van der Waals surface area (Å²) >= 11 is 0. The lowest BCUT2D eigenvalue weighted by atomic mass is 10.1. The quantitative estimate of drug-likeness (QED) is 0.738. The predicted molar refractivity (Wildman–Crippen MR) is 64.1 cm³/mol. The van der Waals surface area contributed by atoms with Gasteiger partial charge in [0.2, 0.25) is 0 Å². The molecule has 78 valence electrons. The third-order valence-corrected chi connectivity index (χ3v) is 1.79. The highest BCUT2D eigenvalue weighted by Gasteiger charge is 2.02. The summed E-state index contributed by atoms with van der Waals surface area (Å²) in [5, 5.41) is 7.68. The van der Waals surface area contributed by atoms with Gasteiger partial charge >= 0.3 is 0 Å². The Labute approximate surface area is 89.1 Å². The highest BCUT2D eigenvalue weighted by atomic mass is 14.9. The van der Waals surface area contributed by atoms with Crippen molar-refractivity contribution in [2.45, 2.75) is 13.8 Å². The summed E-state index contributed by atoms with van der Waals surface area (Å²) < 4.78 is 0. The Bertz CT molecular complexity index is 419. The van der Waals surface area contributed by atoms with Crippen LogP contribution in [0.4, 0.5) is 11.5 Å². The van der Waals surface area contributed by atoms with Gasteiger partial charge in [0.05, 0.1) is 11.4 Å². The van der Waals surface area contributed by atoms with Gasteiger partial charge in [-0.15, -0.1) is 0 Å². The van der Waals surface area contributed by atoms with E-state index in [0.29, 0.717) is 22.8 Å². The molecule has 0 saturated carbocycles. The van der Waals surface area contributed by atoms with Crippen LogP contribution in [0.5, 0.6) is 0 Å². The summed E-state index contributed by atoms with van der Waals surface area (Å²) in [6.45, 7) is 3.66. The van der Waals surface area contributed by atoms with Gasteiger partial charge in [0.1, 0.15) is 0 Å². The van der Waals surface area contributed by atoms with E-state index in [1.807, 2.05) is 6.92 Å². The smallest absolute Gasteiger partial charge is 0.175 e. The molecule has 0 aliphatic heterocycles. The van der Waals surface area contributed by atoms with Crippen LogP contribution < -0.4 is 5.73 Å². The Balaban J connectivity index is 3.06. The van der Waals surface area contributed by atoms with E-state index >= 15 is 0 Å². The highest BCUT2D eigenvalue weighted by molar-refractivity contribution is 6.06. The molecule has 1 aromatic heterocycles. The predicted octanol–water partition coefficient (Wildman–Crippen LogP) is 2.33. The third kappa shape index (κ3) is 2.74. The molecule has 1 heterocycles. The van der Waals surface area contributed by atoms with Crippen molar-refractivity contribution < 1.29 is 0 Å². The number of hydrogen-bond donors (Lipinski definition) is 2. The molecule has 0 aromatic carbocycles. The second-order valence-electron chi connectivity index (χ2n) is 2.94. The van der Waals surface area contributed by atoms with Gasteiger partial charge in [0, 0.05) is 18.0 Å². The lowest BCUT2D eigenvalue weighted by Gasteiger charge is -2.02. The number of pyridine rings is 1. The molecule has 0 fully saturated rings. The average Bonchev–Trinajstić information content (AvgIpc) is 2.21. The van der Waals surface area contributed by atoms with Gasteiger partial charge < -0.3 is 11.1 Å². The molecule has 0 atom stereocenters. The van der Waals surface area contributed by atoms with Crippen LogP contribution >= 0.6 is 0 Å². The lowest BCUT2D eigenvalue weighted by Crippen LogP contribution is -1.98. The van der Waals surface area contributed by atoms with Crippen molar-refractivity contribution in [3.8, 4) is 0 Å². The first kappa shape index (κ1) is 11.1. The summed E-state index contributed by atoms with van der Waals surface area (Å²) in [4.78, 5) is 8.08. The molecule has 0 radical (unpaired) electrons. The van der Waals surface area contributed by atoms with Crippen molar-refractivity contribution in [1.29, 1.82) is 5.41 Å². The molecular formula is C11H14N4. The molecule has 0 unspecified atom stereocenters. The first-order valence-corrected chi connectivity index (χ1v) is 4.65. The fourth-order valence-electron chi connectivity index (χ4n) is 1.11. The number of aliphatic imine (C=N–C) groups is 1. The maximum absolute atomic E-state index is 7.68. The van der Waals surface area contributed by atoms with E-state index in [9.17, 15) is 0 Å². The number of allylic oxidation sites excluding steroid dienone is 2. The summed E-state index contributed by atoms with van der Waals surface area (Å²) in [5.74, 6) is 0.495. The fraction of sp³-hybridized carbons (Fsp3) is 0.182. The van der Waals surface area contributed by atoms with Crippen LogP contribution in [0, 0.1) is 5.41 Å². The van der Waals surface area contributed by atoms with Crippen LogP contribution in [0.1, 0.15) is 19.4 Å². The van der Waals surface area contributed by atoms with Crippen LogP contribution in [-0.2, 0) is 0 Å². The molecule has 15 heavy (non-hydrogen) atoms. The van der Waals surface area contributed by atoms with Crippen LogP contribution in [0.3, 0.4) is 0 Å². The molecular weight excluding hydrogens is 188 g/mol. The second kappa shape index (κ2) is 5.05. The van der Waals surface area contributed by atoms with Gasteiger partial charge in [0.15, 0.2) is 5.82 Å². The number of anilines is 1. The van der Waals surface area contributed by atoms with E-state index in [0.717, 1.165) is 0 Å². The number of nitrogen functional groups attached to an aromatic ring is 1. The van der Waals surface area contributed by atoms with Gasteiger partial charge in [0.25, 0.3) is 0 Å². The molecule has 0 bridgehead atoms. The van der Waals surface area contributed by atoms with Crippen molar-refractivity contribution in [2.24, 2.45) is 4.99 Å². The Kier molecular flexibility index (Phi) is 3.74. The maximum Gasteiger partial charge on any atom is 0.175 e. The van der Waals surface area contributed by atoms with E-state index in [4.69, 9.17) is 11.1 Å². The molecule has 1 aromatic rings. The number of aromatic nitrogens is 1. The number of rotatable bonds is 3. The minimum Gasteiger partial charge on any atom is -0.396 e.